The van der Waals surface area contributed by atoms with E-state index in [1.807, 2.05) is 12.1 Å². The summed E-state index contributed by atoms with van der Waals surface area (Å²) in [6.45, 7) is 3.56. The fraction of sp³-hybridized carbons (Fsp3) is 0.667. The van der Waals surface area contributed by atoms with E-state index in [0.717, 1.165) is 49.1 Å². The van der Waals surface area contributed by atoms with Gasteiger partial charge in [0, 0.05) is 12.0 Å². The van der Waals surface area contributed by atoms with Crippen molar-refractivity contribution < 1.29 is 35.8 Å². The first-order valence-electron chi connectivity index (χ1n) is 9.08. The summed E-state index contributed by atoms with van der Waals surface area (Å²) in [7, 11) is 0.384. The number of likely N-dealkylation sites (tertiary alicyclic amines) is 1. The van der Waals surface area contributed by atoms with E-state index in [9.17, 15) is 8.42 Å². The Labute approximate surface area is 161 Å². The zero-order valence-electron chi connectivity index (χ0n) is 16.3. The standard InChI is InChI=1S/C18H29NO7S/c1-23-16-12-15(13-17(24-2)18(16)25-3)14-19(8-5-4-6-9-19)10-7-11-26-27(20,21)22/h12-13H,4-11,14H2,1-3H3/p+1. The molecule has 1 aliphatic rings. The van der Waals surface area contributed by atoms with E-state index < -0.39 is 10.4 Å². The molecular weight excluding hydrogens is 374 g/mol. The van der Waals surface area contributed by atoms with Crippen molar-refractivity contribution in [2.24, 2.45) is 0 Å². The van der Waals surface area contributed by atoms with Crippen LogP contribution in [0.25, 0.3) is 0 Å². The zero-order chi connectivity index (χ0) is 19.9. The van der Waals surface area contributed by atoms with Crippen LogP contribution in [0.5, 0.6) is 17.2 Å². The summed E-state index contributed by atoms with van der Waals surface area (Å²) in [6, 6.07) is 3.93. The Morgan fingerprint density at radius 3 is 2.07 bits per heavy atom. The summed E-state index contributed by atoms with van der Waals surface area (Å²) in [5.41, 5.74) is 1.07. The van der Waals surface area contributed by atoms with Crippen molar-refractivity contribution in [3.8, 4) is 17.2 Å². The van der Waals surface area contributed by atoms with E-state index in [2.05, 4.69) is 4.18 Å². The molecule has 1 aliphatic heterocycles. The summed E-state index contributed by atoms with van der Waals surface area (Å²) >= 11 is 0. The number of methoxy groups -OCH3 is 3. The number of nitrogens with zero attached hydrogens (tertiary/aromatic N) is 1. The van der Waals surface area contributed by atoms with Crippen molar-refractivity contribution in [3.63, 3.8) is 0 Å². The highest BCUT2D eigenvalue weighted by Gasteiger charge is 2.31. The molecule has 0 spiro atoms. The summed E-state index contributed by atoms with van der Waals surface area (Å²) in [5.74, 6) is 1.81. The average molecular weight is 405 g/mol. The first-order chi connectivity index (χ1) is 12.8. The van der Waals surface area contributed by atoms with Crippen molar-refractivity contribution >= 4 is 10.4 Å². The molecule has 0 amide bonds. The minimum Gasteiger partial charge on any atom is -0.493 e. The highest BCUT2D eigenvalue weighted by molar-refractivity contribution is 7.80. The van der Waals surface area contributed by atoms with E-state index in [0.29, 0.717) is 23.7 Å². The van der Waals surface area contributed by atoms with Crippen molar-refractivity contribution in [2.75, 3.05) is 47.6 Å². The Balaban J connectivity index is 2.17. The van der Waals surface area contributed by atoms with Gasteiger partial charge >= 0.3 is 10.4 Å². The molecule has 1 heterocycles. The highest BCUT2D eigenvalue weighted by atomic mass is 32.3. The lowest BCUT2D eigenvalue weighted by Gasteiger charge is -2.42. The normalized spacial score (nSPS) is 16.7. The minimum absolute atomic E-state index is 0.0198. The van der Waals surface area contributed by atoms with Crippen LogP contribution in [-0.2, 0) is 21.1 Å². The number of ether oxygens (including phenoxy) is 3. The van der Waals surface area contributed by atoms with Crippen molar-refractivity contribution in [1.29, 1.82) is 0 Å². The lowest BCUT2D eigenvalue weighted by Crippen LogP contribution is -2.51. The third-order valence-corrected chi connectivity index (χ3v) is 5.48. The molecule has 0 bridgehead atoms. The smallest absolute Gasteiger partial charge is 0.397 e. The van der Waals surface area contributed by atoms with Gasteiger partial charge in [-0.1, -0.05) is 0 Å². The van der Waals surface area contributed by atoms with Gasteiger partial charge in [-0.2, -0.15) is 8.42 Å². The molecule has 0 aliphatic carbocycles. The van der Waals surface area contributed by atoms with Crippen LogP contribution >= 0.6 is 0 Å². The van der Waals surface area contributed by atoms with Crippen LogP contribution in [0.2, 0.25) is 0 Å². The van der Waals surface area contributed by atoms with E-state index in [1.165, 1.54) is 6.42 Å². The second-order valence-electron chi connectivity index (χ2n) is 6.87. The molecule has 1 aromatic carbocycles. The molecule has 1 aromatic rings. The van der Waals surface area contributed by atoms with Crippen molar-refractivity contribution in [1.82, 2.24) is 0 Å². The molecule has 9 heteroatoms. The Morgan fingerprint density at radius 1 is 1.00 bits per heavy atom. The molecule has 27 heavy (non-hydrogen) atoms. The predicted molar refractivity (Wildman–Crippen MR) is 101 cm³/mol. The summed E-state index contributed by atoms with van der Waals surface area (Å²) in [5, 5.41) is 0. The topological polar surface area (TPSA) is 91.3 Å². The number of hydrogen-bond donors (Lipinski definition) is 1. The van der Waals surface area contributed by atoms with Crippen molar-refractivity contribution in [3.05, 3.63) is 17.7 Å². The number of quaternary nitrogens is 1. The minimum atomic E-state index is -4.39. The van der Waals surface area contributed by atoms with Gasteiger partial charge in [0.15, 0.2) is 11.5 Å². The monoisotopic (exact) mass is 404 g/mol. The van der Waals surface area contributed by atoms with Crippen molar-refractivity contribution in [2.45, 2.75) is 32.2 Å². The Bertz CT molecular complexity index is 689. The molecule has 1 N–H and O–H groups in total. The molecular formula is C18H30NO7S+. The van der Waals surface area contributed by atoms with E-state index in [1.54, 1.807) is 21.3 Å². The Morgan fingerprint density at radius 2 is 1.59 bits per heavy atom. The number of benzene rings is 1. The van der Waals surface area contributed by atoms with Crippen LogP contribution in [0.4, 0.5) is 0 Å². The van der Waals surface area contributed by atoms with Crippen LogP contribution in [0.15, 0.2) is 12.1 Å². The number of piperidine rings is 1. The molecule has 154 valence electrons. The third kappa shape index (κ3) is 6.24. The highest BCUT2D eigenvalue weighted by Crippen LogP contribution is 2.39. The second-order valence-corrected chi connectivity index (χ2v) is 7.96. The molecule has 0 saturated carbocycles. The lowest BCUT2D eigenvalue weighted by molar-refractivity contribution is -0.945. The van der Waals surface area contributed by atoms with E-state index >= 15 is 0 Å². The van der Waals surface area contributed by atoms with Gasteiger partial charge < -0.3 is 18.7 Å². The maximum Gasteiger partial charge on any atom is 0.397 e. The van der Waals surface area contributed by atoms with Gasteiger partial charge in [-0.3, -0.25) is 4.55 Å². The zero-order valence-corrected chi connectivity index (χ0v) is 17.1. The lowest BCUT2D eigenvalue weighted by atomic mass is 10.0. The first kappa shape index (κ1) is 21.7. The van der Waals surface area contributed by atoms with Gasteiger partial charge in [-0.15, -0.1) is 0 Å². The van der Waals surface area contributed by atoms with Crippen LogP contribution in [0.1, 0.15) is 31.2 Å². The molecule has 0 aromatic heterocycles. The number of rotatable bonds is 10. The van der Waals surface area contributed by atoms with Crippen LogP contribution in [0, 0.1) is 0 Å². The Kier molecular flexibility index (Phi) is 7.72. The van der Waals surface area contributed by atoms with Gasteiger partial charge in [0.25, 0.3) is 0 Å². The van der Waals surface area contributed by atoms with Crippen LogP contribution in [-0.4, -0.2) is 65.0 Å². The molecule has 0 unspecified atom stereocenters. The molecule has 1 fully saturated rings. The molecule has 0 atom stereocenters. The van der Waals surface area contributed by atoms with E-state index in [-0.39, 0.29) is 6.61 Å². The first-order valence-corrected chi connectivity index (χ1v) is 10.4. The predicted octanol–water partition coefficient (Wildman–Crippen LogP) is 2.42. The molecule has 2 rings (SSSR count). The fourth-order valence-electron chi connectivity index (χ4n) is 3.82. The van der Waals surface area contributed by atoms with Gasteiger partial charge in [0.05, 0.1) is 47.6 Å². The van der Waals surface area contributed by atoms with Gasteiger partial charge in [0.2, 0.25) is 5.75 Å². The average Bonchev–Trinajstić information content (AvgIpc) is 2.64. The molecule has 8 nitrogen and oxygen atoms in total. The maximum atomic E-state index is 10.7. The fourth-order valence-corrected chi connectivity index (χ4v) is 4.15. The molecule has 0 radical (unpaired) electrons. The third-order valence-electron chi connectivity index (χ3n) is 5.02. The summed E-state index contributed by atoms with van der Waals surface area (Å²) in [4.78, 5) is 0. The van der Waals surface area contributed by atoms with Gasteiger partial charge in [-0.05, 0) is 31.4 Å². The van der Waals surface area contributed by atoms with Crippen LogP contribution < -0.4 is 14.2 Å². The van der Waals surface area contributed by atoms with Crippen LogP contribution in [0.3, 0.4) is 0 Å². The molecule has 1 saturated heterocycles. The quantitative estimate of drug-likeness (QED) is 0.364. The number of hydrogen-bond acceptors (Lipinski definition) is 6. The summed E-state index contributed by atoms with van der Waals surface area (Å²) in [6.07, 6.45) is 4.01. The van der Waals surface area contributed by atoms with Gasteiger partial charge in [-0.25, -0.2) is 4.18 Å². The maximum absolute atomic E-state index is 10.7. The van der Waals surface area contributed by atoms with Gasteiger partial charge in [0.1, 0.15) is 6.54 Å². The van der Waals surface area contributed by atoms with E-state index in [4.69, 9.17) is 18.8 Å². The second kappa shape index (κ2) is 9.59. The Hall–Kier alpha value is -1.55. The largest absolute Gasteiger partial charge is 0.493 e. The SMILES string of the molecule is COc1cc(C[N+]2(CCCOS(=O)(=O)O)CCCCC2)cc(OC)c1OC. The summed E-state index contributed by atoms with van der Waals surface area (Å²) < 4.78 is 51.8.